The van der Waals surface area contributed by atoms with E-state index in [1.54, 1.807) is 0 Å². The summed E-state index contributed by atoms with van der Waals surface area (Å²) in [5, 5.41) is 11.2. The molecule has 3 nitrogen and oxygen atoms in total. The first-order chi connectivity index (χ1) is 19.6. The quantitative estimate of drug-likeness (QED) is 0.147. The first-order valence-corrected chi connectivity index (χ1v) is 21.6. The van der Waals surface area contributed by atoms with E-state index in [0.29, 0.717) is 0 Å². The Labute approximate surface area is 266 Å². The van der Waals surface area contributed by atoms with Gasteiger partial charge in [-0.2, -0.15) is 0 Å². The molecule has 2 rings (SSSR count). The molecule has 0 amide bonds. The molecule has 0 aliphatic heterocycles. The van der Waals surface area contributed by atoms with Gasteiger partial charge in [0.15, 0.2) is 0 Å². The topological polar surface area (TPSA) is 28.0 Å². The average Bonchev–Trinajstić information content (AvgIpc) is 2.89. The second kappa shape index (κ2) is 13.7. The second-order valence-electron chi connectivity index (χ2n) is 15.6. The number of nitrogens with zero attached hydrogens (tertiary/aromatic N) is 3. The van der Waals surface area contributed by atoms with E-state index in [4.69, 9.17) is 0 Å². The van der Waals surface area contributed by atoms with Crippen LogP contribution in [0.2, 0.25) is 36.3 Å². The Morgan fingerprint density at radius 1 is 0.605 bits per heavy atom. The fourth-order valence-corrected chi connectivity index (χ4v) is 5.10. The van der Waals surface area contributed by atoms with E-state index in [0.717, 1.165) is 41.0 Å². The minimum absolute atomic E-state index is 0.0239. The monoisotopic (exact) mass is 609 g/mol. The lowest BCUT2D eigenvalue weighted by molar-refractivity contribution is 0.301. The van der Waals surface area contributed by atoms with Crippen molar-refractivity contribution in [3.05, 3.63) is 64.2 Å². The van der Waals surface area contributed by atoms with Gasteiger partial charge in [-0.05, 0) is 65.2 Å². The molecule has 230 valence electrons. The minimum atomic E-state index is -1.80. The van der Waals surface area contributed by atoms with Crippen molar-refractivity contribution in [2.45, 2.75) is 118 Å². The molecule has 0 aliphatic rings. The maximum atomic E-state index is 4.51. The minimum Gasteiger partial charge on any atom is -0.279 e. The highest BCUT2D eigenvalue weighted by atomic mass is 28.3. The molecule has 0 atom stereocenters. The Kier molecular flexibility index (Phi) is 11.5. The van der Waals surface area contributed by atoms with Crippen molar-refractivity contribution in [2.75, 3.05) is 13.1 Å². The first-order valence-electron chi connectivity index (χ1n) is 15.6. The van der Waals surface area contributed by atoms with Crippen LogP contribution in [0.5, 0.6) is 0 Å². The Morgan fingerprint density at radius 3 is 1.53 bits per heavy atom. The lowest BCUT2D eigenvalue weighted by atomic mass is 9.85. The summed E-state index contributed by atoms with van der Waals surface area (Å²) < 4.78 is 0. The van der Waals surface area contributed by atoms with Crippen LogP contribution < -0.4 is 0 Å². The SMILES string of the molecule is CCN(CC)N=Nc1ccc(C#C[Si](C)(C)C(C)(C)C)c(C#Cc2ccc(C(C)(C)C)cc2C#C[Si](C)(C)C(C)(C)C)c1. The Balaban J connectivity index is 2.77. The smallest absolute Gasteiger partial charge is 0.138 e. The average molecular weight is 610 g/mol. The van der Waals surface area contributed by atoms with Gasteiger partial charge in [-0.1, -0.05) is 123 Å². The van der Waals surface area contributed by atoms with Crippen molar-refractivity contribution in [1.29, 1.82) is 0 Å². The molecule has 0 heterocycles. The zero-order chi connectivity index (χ0) is 32.9. The maximum absolute atomic E-state index is 4.51. The fraction of sp³-hybridized carbons (Fsp3) is 0.526. The predicted octanol–water partition coefficient (Wildman–Crippen LogP) is 10.5. The van der Waals surface area contributed by atoms with E-state index in [9.17, 15) is 0 Å². The third-order valence-corrected chi connectivity index (χ3v) is 18.0. The van der Waals surface area contributed by atoms with Crippen molar-refractivity contribution in [1.82, 2.24) is 5.01 Å². The van der Waals surface area contributed by atoms with Crippen molar-refractivity contribution in [3.8, 4) is 34.8 Å². The summed E-state index contributed by atoms with van der Waals surface area (Å²) in [6, 6.07) is 12.6. The summed E-state index contributed by atoms with van der Waals surface area (Å²) in [5.41, 5.74) is 13.2. The van der Waals surface area contributed by atoms with Crippen LogP contribution in [0.15, 0.2) is 46.7 Å². The van der Waals surface area contributed by atoms with E-state index < -0.39 is 16.1 Å². The van der Waals surface area contributed by atoms with Crippen LogP contribution in [0.1, 0.15) is 104 Å². The molecule has 0 bridgehead atoms. The molecular weight excluding hydrogens is 555 g/mol. The van der Waals surface area contributed by atoms with E-state index in [1.807, 2.05) is 23.2 Å². The van der Waals surface area contributed by atoms with E-state index in [1.165, 1.54) is 5.56 Å². The number of benzene rings is 2. The number of rotatable bonds is 4. The normalized spacial score (nSPS) is 12.5. The van der Waals surface area contributed by atoms with Gasteiger partial charge < -0.3 is 0 Å². The van der Waals surface area contributed by atoms with Gasteiger partial charge in [-0.15, -0.1) is 16.2 Å². The van der Waals surface area contributed by atoms with E-state index in [-0.39, 0.29) is 15.5 Å². The number of hydrogen-bond acceptors (Lipinski definition) is 2. The summed E-state index contributed by atoms with van der Waals surface area (Å²) >= 11 is 0. The molecule has 0 N–H and O–H groups in total. The molecule has 0 aliphatic carbocycles. The number of hydrogen-bond donors (Lipinski definition) is 0. The van der Waals surface area contributed by atoms with Crippen molar-refractivity contribution < 1.29 is 0 Å². The van der Waals surface area contributed by atoms with Crippen LogP contribution in [0.25, 0.3) is 0 Å². The molecule has 0 saturated carbocycles. The predicted molar refractivity (Wildman–Crippen MR) is 193 cm³/mol. The molecule has 0 aromatic heterocycles. The summed E-state index contributed by atoms with van der Waals surface area (Å²) in [6.07, 6.45) is 0. The van der Waals surface area contributed by atoms with Gasteiger partial charge in [0.2, 0.25) is 0 Å². The van der Waals surface area contributed by atoms with Crippen LogP contribution in [-0.2, 0) is 5.41 Å². The van der Waals surface area contributed by atoms with Crippen molar-refractivity contribution in [3.63, 3.8) is 0 Å². The van der Waals surface area contributed by atoms with Crippen LogP contribution in [0, 0.1) is 34.8 Å². The molecule has 2 aromatic carbocycles. The van der Waals surface area contributed by atoms with Gasteiger partial charge in [-0.3, -0.25) is 5.01 Å². The zero-order valence-corrected chi connectivity index (χ0v) is 31.7. The van der Waals surface area contributed by atoms with E-state index in [2.05, 4.69) is 166 Å². The van der Waals surface area contributed by atoms with Gasteiger partial charge in [0.1, 0.15) is 16.1 Å². The molecular formula is C38H55N3Si2. The Hall–Kier alpha value is -3.05. The molecule has 0 radical (unpaired) electrons. The van der Waals surface area contributed by atoms with Gasteiger partial charge in [-0.25, -0.2) is 0 Å². The molecule has 0 saturated heterocycles. The molecule has 2 aromatic rings. The molecule has 5 heteroatoms. The highest BCUT2D eigenvalue weighted by molar-refractivity contribution is 6.88. The Bertz CT molecular complexity index is 1500. The third kappa shape index (κ3) is 9.99. The summed E-state index contributed by atoms with van der Waals surface area (Å²) in [5.74, 6) is 14.1. The summed E-state index contributed by atoms with van der Waals surface area (Å²) in [6.45, 7) is 35.7. The highest BCUT2D eigenvalue weighted by Gasteiger charge is 2.34. The van der Waals surface area contributed by atoms with Crippen molar-refractivity contribution >= 4 is 21.8 Å². The standard InChI is InChI=1S/C38H55N3Si2/c1-16-41(17-2)40-39-35-23-21-31(24-26-42(12,13)37(6,7)8)32(29-35)19-18-30-20-22-34(36(3,4)5)28-33(30)25-27-43(14,15)38(9,10)11/h20-23,28-29H,16-17H2,1-15H3. The molecule has 0 spiro atoms. The second-order valence-corrected chi connectivity index (χ2v) is 25.6. The zero-order valence-electron chi connectivity index (χ0n) is 29.7. The van der Waals surface area contributed by atoms with Crippen LogP contribution in [-0.4, -0.2) is 34.2 Å². The molecule has 0 fully saturated rings. The van der Waals surface area contributed by atoms with Crippen LogP contribution in [0.4, 0.5) is 5.69 Å². The summed E-state index contributed by atoms with van der Waals surface area (Å²) in [7, 11) is -3.60. The first kappa shape index (κ1) is 36.1. The van der Waals surface area contributed by atoms with Gasteiger partial charge in [0.05, 0.1) is 5.69 Å². The highest BCUT2D eigenvalue weighted by Crippen LogP contribution is 2.36. The van der Waals surface area contributed by atoms with Gasteiger partial charge in [0.25, 0.3) is 0 Å². The fourth-order valence-electron chi connectivity index (χ4n) is 3.45. The molecule has 0 unspecified atom stereocenters. The van der Waals surface area contributed by atoms with Crippen LogP contribution >= 0.6 is 0 Å². The molecule has 43 heavy (non-hydrogen) atoms. The lowest BCUT2D eigenvalue weighted by Gasteiger charge is -2.31. The van der Waals surface area contributed by atoms with E-state index >= 15 is 0 Å². The largest absolute Gasteiger partial charge is 0.279 e. The lowest BCUT2D eigenvalue weighted by Crippen LogP contribution is -2.35. The summed E-state index contributed by atoms with van der Waals surface area (Å²) in [4.78, 5) is 0. The maximum Gasteiger partial charge on any atom is 0.138 e. The van der Waals surface area contributed by atoms with Gasteiger partial charge >= 0.3 is 0 Å². The third-order valence-electron chi connectivity index (χ3n) is 9.01. The Morgan fingerprint density at radius 2 is 1.05 bits per heavy atom. The van der Waals surface area contributed by atoms with Crippen molar-refractivity contribution in [2.24, 2.45) is 10.3 Å². The van der Waals surface area contributed by atoms with Crippen LogP contribution in [0.3, 0.4) is 0 Å². The van der Waals surface area contributed by atoms with Gasteiger partial charge in [0, 0.05) is 35.3 Å².